The zero-order chi connectivity index (χ0) is 13.9. The maximum atomic E-state index is 12.5. The molecule has 1 atom stereocenters. The number of nitrogens with zero attached hydrogens (tertiary/aromatic N) is 1. The van der Waals surface area contributed by atoms with Crippen molar-refractivity contribution in [2.75, 3.05) is 19.3 Å². The number of hydrogen-bond acceptors (Lipinski definition) is 3. The normalized spacial score (nSPS) is 13.8. The topological polar surface area (TPSA) is 63.4 Å². The van der Waals surface area contributed by atoms with Gasteiger partial charge in [-0.05, 0) is 24.5 Å². The standard InChI is InChI=1S/C13H22N2O2S/c1-5-10(2)9-15(4)18(16,17)13-11(3)7-6-8-12(13)14/h6-8,10H,5,9,14H2,1-4H3. The Bertz CT molecular complexity index is 491. The van der Waals surface area contributed by atoms with Crippen LogP contribution in [0.5, 0.6) is 0 Å². The molecule has 0 spiro atoms. The first kappa shape index (κ1) is 15.0. The molecule has 1 aromatic carbocycles. The third-order valence-corrected chi connectivity index (χ3v) is 5.22. The van der Waals surface area contributed by atoms with E-state index in [4.69, 9.17) is 5.73 Å². The zero-order valence-electron chi connectivity index (χ0n) is 11.5. The molecule has 0 aromatic heterocycles. The molecule has 0 saturated heterocycles. The summed E-state index contributed by atoms with van der Waals surface area (Å²) in [4.78, 5) is 0.232. The quantitative estimate of drug-likeness (QED) is 0.835. The van der Waals surface area contributed by atoms with Crippen LogP contribution in [-0.4, -0.2) is 26.3 Å². The zero-order valence-corrected chi connectivity index (χ0v) is 12.3. The van der Waals surface area contributed by atoms with Crippen LogP contribution in [0.4, 0.5) is 5.69 Å². The largest absolute Gasteiger partial charge is 0.398 e. The van der Waals surface area contributed by atoms with Crippen LogP contribution in [0.2, 0.25) is 0 Å². The minimum atomic E-state index is -3.50. The van der Waals surface area contributed by atoms with Crippen LogP contribution in [0.1, 0.15) is 25.8 Å². The molecule has 102 valence electrons. The molecule has 0 aliphatic heterocycles. The SMILES string of the molecule is CCC(C)CN(C)S(=O)(=O)c1c(C)cccc1N. The number of sulfonamides is 1. The van der Waals surface area contributed by atoms with Crippen LogP contribution >= 0.6 is 0 Å². The van der Waals surface area contributed by atoms with Gasteiger partial charge in [0, 0.05) is 13.6 Å². The second-order valence-electron chi connectivity index (χ2n) is 4.79. The molecule has 4 nitrogen and oxygen atoms in total. The molecular weight excluding hydrogens is 248 g/mol. The van der Waals surface area contributed by atoms with Crippen molar-refractivity contribution in [2.24, 2.45) is 5.92 Å². The summed E-state index contributed by atoms with van der Waals surface area (Å²) in [7, 11) is -1.89. The first-order chi connectivity index (χ1) is 8.30. The lowest BCUT2D eigenvalue weighted by Gasteiger charge is -2.22. The van der Waals surface area contributed by atoms with Crippen LogP contribution in [0, 0.1) is 12.8 Å². The van der Waals surface area contributed by atoms with Crippen molar-refractivity contribution in [1.82, 2.24) is 4.31 Å². The molecule has 0 fully saturated rings. The first-order valence-corrected chi connectivity index (χ1v) is 7.56. The molecular formula is C13H22N2O2S. The Morgan fingerprint density at radius 3 is 2.50 bits per heavy atom. The van der Waals surface area contributed by atoms with E-state index in [9.17, 15) is 8.42 Å². The van der Waals surface area contributed by atoms with Crippen molar-refractivity contribution in [1.29, 1.82) is 0 Å². The highest BCUT2D eigenvalue weighted by molar-refractivity contribution is 7.89. The molecule has 0 aliphatic rings. The lowest BCUT2D eigenvalue weighted by molar-refractivity contribution is 0.393. The number of nitrogen functional groups attached to an aromatic ring is 1. The number of hydrogen-bond donors (Lipinski definition) is 1. The highest BCUT2D eigenvalue weighted by atomic mass is 32.2. The Kier molecular flexibility index (Phi) is 4.76. The number of benzene rings is 1. The summed E-state index contributed by atoms with van der Waals surface area (Å²) in [5.41, 5.74) is 6.80. The maximum absolute atomic E-state index is 12.5. The van der Waals surface area contributed by atoms with E-state index in [-0.39, 0.29) is 4.90 Å². The van der Waals surface area contributed by atoms with Crippen molar-refractivity contribution < 1.29 is 8.42 Å². The molecule has 0 bridgehead atoms. The average molecular weight is 270 g/mol. The molecule has 0 radical (unpaired) electrons. The van der Waals surface area contributed by atoms with Gasteiger partial charge in [0.05, 0.1) is 5.69 Å². The molecule has 18 heavy (non-hydrogen) atoms. The van der Waals surface area contributed by atoms with E-state index in [2.05, 4.69) is 0 Å². The first-order valence-electron chi connectivity index (χ1n) is 6.12. The van der Waals surface area contributed by atoms with Gasteiger partial charge in [-0.3, -0.25) is 0 Å². The van der Waals surface area contributed by atoms with E-state index in [0.717, 1.165) is 6.42 Å². The molecule has 1 unspecified atom stereocenters. The van der Waals surface area contributed by atoms with Gasteiger partial charge in [-0.25, -0.2) is 12.7 Å². The van der Waals surface area contributed by atoms with E-state index < -0.39 is 10.0 Å². The van der Waals surface area contributed by atoms with Gasteiger partial charge in [-0.2, -0.15) is 0 Å². The summed E-state index contributed by atoms with van der Waals surface area (Å²) in [6, 6.07) is 5.15. The van der Waals surface area contributed by atoms with Gasteiger partial charge < -0.3 is 5.73 Å². The molecule has 0 saturated carbocycles. The predicted octanol–water partition coefficient (Wildman–Crippen LogP) is 2.24. The highest BCUT2D eigenvalue weighted by Crippen LogP contribution is 2.25. The van der Waals surface area contributed by atoms with Crippen LogP contribution in [0.15, 0.2) is 23.1 Å². The van der Waals surface area contributed by atoms with E-state index in [1.165, 1.54) is 4.31 Å². The fourth-order valence-corrected chi connectivity index (χ4v) is 3.45. The molecule has 0 amide bonds. The van der Waals surface area contributed by atoms with Crippen LogP contribution in [-0.2, 0) is 10.0 Å². The third kappa shape index (κ3) is 3.03. The maximum Gasteiger partial charge on any atom is 0.245 e. The van der Waals surface area contributed by atoms with Crippen molar-refractivity contribution in [2.45, 2.75) is 32.1 Å². The van der Waals surface area contributed by atoms with Gasteiger partial charge in [0.1, 0.15) is 4.90 Å². The van der Waals surface area contributed by atoms with E-state index in [0.29, 0.717) is 23.7 Å². The number of aryl methyl sites for hydroxylation is 1. The predicted molar refractivity (Wildman–Crippen MR) is 74.9 cm³/mol. The second kappa shape index (κ2) is 5.71. The van der Waals surface area contributed by atoms with E-state index in [1.54, 1.807) is 32.2 Å². The average Bonchev–Trinajstić information content (AvgIpc) is 2.28. The molecule has 2 N–H and O–H groups in total. The number of nitrogens with two attached hydrogens (primary N) is 1. The molecule has 0 aliphatic carbocycles. The third-order valence-electron chi connectivity index (χ3n) is 3.18. The van der Waals surface area contributed by atoms with Gasteiger partial charge in [0.15, 0.2) is 0 Å². The Morgan fingerprint density at radius 1 is 1.39 bits per heavy atom. The van der Waals surface area contributed by atoms with Gasteiger partial charge in [-0.15, -0.1) is 0 Å². The van der Waals surface area contributed by atoms with Gasteiger partial charge >= 0.3 is 0 Å². The minimum absolute atomic E-state index is 0.232. The summed E-state index contributed by atoms with van der Waals surface area (Å²) in [6.45, 7) is 6.35. The summed E-state index contributed by atoms with van der Waals surface area (Å²) in [5.74, 6) is 0.329. The van der Waals surface area contributed by atoms with Gasteiger partial charge in [-0.1, -0.05) is 32.4 Å². The van der Waals surface area contributed by atoms with Crippen molar-refractivity contribution in [3.05, 3.63) is 23.8 Å². The van der Waals surface area contributed by atoms with Crippen LogP contribution < -0.4 is 5.73 Å². The number of anilines is 1. The van der Waals surface area contributed by atoms with Gasteiger partial charge in [0.25, 0.3) is 0 Å². The van der Waals surface area contributed by atoms with Crippen LogP contribution in [0.3, 0.4) is 0 Å². The summed E-state index contributed by atoms with van der Waals surface area (Å²) in [6.07, 6.45) is 0.948. The lowest BCUT2D eigenvalue weighted by Crippen LogP contribution is -2.32. The Morgan fingerprint density at radius 2 is 2.00 bits per heavy atom. The molecule has 0 heterocycles. The Hall–Kier alpha value is -1.07. The van der Waals surface area contributed by atoms with Crippen molar-refractivity contribution in [3.8, 4) is 0 Å². The Labute approximate surface area is 110 Å². The minimum Gasteiger partial charge on any atom is -0.398 e. The molecule has 1 aromatic rings. The summed E-state index contributed by atoms with van der Waals surface area (Å²) >= 11 is 0. The van der Waals surface area contributed by atoms with Crippen molar-refractivity contribution >= 4 is 15.7 Å². The monoisotopic (exact) mass is 270 g/mol. The van der Waals surface area contributed by atoms with E-state index >= 15 is 0 Å². The fraction of sp³-hybridized carbons (Fsp3) is 0.538. The summed E-state index contributed by atoms with van der Waals surface area (Å²) in [5, 5.41) is 0. The second-order valence-corrected chi connectivity index (χ2v) is 6.77. The molecule has 5 heteroatoms. The molecule has 1 rings (SSSR count). The van der Waals surface area contributed by atoms with Gasteiger partial charge in [0.2, 0.25) is 10.0 Å². The van der Waals surface area contributed by atoms with Crippen LogP contribution in [0.25, 0.3) is 0 Å². The Balaban J connectivity index is 3.14. The highest BCUT2D eigenvalue weighted by Gasteiger charge is 2.25. The smallest absolute Gasteiger partial charge is 0.245 e. The summed E-state index contributed by atoms with van der Waals surface area (Å²) < 4.78 is 26.3. The van der Waals surface area contributed by atoms with E-state index in [1.807, 2.05) is 13.8 Å². The van der Waals surface area contributed by atoms with Crippen molar-refractivity contribution in [3.63, 3.8) is 0 Å². The lowest BCUT2D eigenvalue weighted by atomic mass is 10.1. The fourth-order valence-electron chi connectivity index (χ4n) is 1.85. The number of rotatable bonds is 5.